The lowest BCUT2D eigenvalue weighted by Crippen LogP contribution is -2.20. The summed E-state index contributed by atoms with van der Waals surface area (Å²) < 4.78 is 35.6. The third-order valence-electron chi connectivity index (χ3n) is 7.59. The number of rotatable bonds is 12. The predicted molar refractivity (Wildman–Crippen MR) is 164 cm³/mol. The molecule has 0 radical (unpaired) electrons. The molecule has 5 rings (SSSR count). The van der Waals surface area contributed by atoms with Crippen LogP contribution in [0.15, 0.2) is 53.4 Å². The lowest BCUT2D eigenvalue weighted by Gasteiger charge is -2.25. The first-order valence-corrected chi connectivity index (χ1v) is 15.3. The van der Waals surface area contributed by atoms with Crippen LogP contribution in [0.4, 0.5) is 5.69 Å². The number of anilines is 1. The van der Waals surface area contributed by atoms with E-state index in [-0.39, 0.29) is 12.2 Å². The topological polar surface area (TPSA) is 58.6 Å². The fourth-order valence-corrected chi connectivity index (χ4v) is 6.39. The van der Waals surface area contributed by atoms with Crippen LogP contribution in [0.2, 0.25) is 5.02 Å². The molecule has 7 nitrogen and oxygen atoms in total. The van der Waals surface area contributed by atoms with E-state index in [1.807, 2.05) is 36.4 Å². The van der Waals surface area contributed by atoms with E-state index in [0.717, 1.165) is 65.0 Å². The molecular formula is C32H38ClNO6S. The van der Waals surface area contributed by atoms with Crippen molar-refractivity contribution in [2.45, 2.75) is 42.8 Å². The monoisotopic (exact) mass is 599 g/mol. The fraction of sp³-hybridized carbons (Fsp3) is 0.438. The van der Waals surface area contributed by atoms with Crippen molar-refractivity contribution in [1.82, 2.24) is 0 Å². The SMILES string of the molecule is COc1cc(C2CCC(c3cc(OC)c(OCCSc4ccc(Cl)cc4)c(N4CCCC4)c3)O2)cc(OC)c1OC. The molecule has 2 aliphatic heterocycles. The van der Waals surface area contributed by atoms with Crippen molar-refractivity contribution in [2.24, 2.45) is 0 Å². The molecule has 2 aliphatic rings. The molecule has 9 heteroatoms. The van der Waals surface area contributed by atoms with Crippen molar-refractivity contribution in [1.29, 1.82) is 0 Å². The minimum Gasteiger partial charge on any atom is -0.493 e. The first kappa shape index (κ1) is 29.5. The lowest BCUT2D eigenvalue weighted by atomic mass is 10.0. The summed E-state index contributed by atoms with van der Waals surface area (Å²) in [4.78, 5) is 3.57. The Balaban J connectivity index is 1.35. The Morgan fingerprint density at radius 3 is 1.90 bits per heavy atom. The third-order valence-corrected chi connectivity index (χ3v) is 8.81. The number of hydrogen-bond acceptors (Lipinski definition) is 8. The van der Waals surface area contributed by atoms with Crippen molar-refractivity contribution in [3.05, 3.63) is 64.7 Å². The van der Waals surface area contributed by atoms with Crippen LogP contribution in [-0.4, -0.2) is 53.9 Å². The van der Waals surface area contributed by atoms with Crippen LogP contribution < -0.4 is 28.6 Å². The molecule has 0 N–H and O–H groups in total. The van der Waals surface area contributed by atoms with Crippen LogP contribution >= 0.6 is 23.4 Å². The van der Waals surface area contributed by atoms with Gasteiger partial charge in [-0.2, -0.15) is 0 Å². The molecule has 2 saturated heterocycles. The molecule has 2 fully saturated rings. The zero-order valence-electron chi connectivity index (χ0n) is 24.1. The Morgan fingerprint density at radius 1 is 0.780 bits per heavy atom. The number of benzene rings is 3. The summed E-state index contributed by atoms with van der Waals surface area (Å²) >= 11 is 7.77. The Kier molecular flexibility index (Phi) is 9.96. The molecule has 220 valence electrons. The quantitative estimate of drug-likeness (QED) is 0.155. The van der Waals surface area contributed by atoms with Gasteiger partial charge in [0.2, 0.25) is 5.75 Å². The summed E-state index contributed by atoms with van der Waals surface area (Å²) in [6, 6.07) is 16.1. The van der Waals surface area contributed by atoms with Gasteiger partial charge < -0.3 is 33.3 Å². The van der Waals surface area contributed by atoms with Crippen molar-refractivity contribution < 1.29 is 28.4 Å². The van der Waals surface area contributed by atoms with Gasteiger partial charge in [0, 0.05) is 28.8 Å². The average Bonchev–Trinajstić information content (AvgIpc) is 3.72. The molecular weight excluding hydrogens is 562 g/mol. The molecule has 3 aromatic rings. The first-order chi connectivity index (χ1) is 20.0. The number of hydrogen-bond donors (Lipinski definition) is 0. The van der Waals surface area contributed by atoms with Crippen molar-refractivity contribution in [2.75, 3.05) is 58.8 Å². The molecule has 2 unspecified atom stereocenters. The van der Waals surface area contributed by atoms with Gasteiger partial charge in [0.05, 0.1) is 52.9 Å². The second-order valence-corrected chi connectivity index (χ2v) is 11.7. The number of halogens is 1. The third kappa shape index (κ3) is 6.76. The molecule has 2 heterocycles. The van der Waals surface area contributed by atoms with E-state index in [9.17, 15) is 0 Å². The van der Waals surface area contributed by atoms with Gasteiger partial charge in [-0.15, -0.1) is 11.8 Å². The molecule has 0 saturated carbocycles. The van der Waals surface area contributed by atoms with Gasteiger partial charge in [0.25, 0.3) is 0 Å². The summed E-state index contributed by atoms with van der Waals surface area (Å²) in [7, 11) is 6.58. The van der Waals surface area contributed by atoms with E-state index in [1.54, 1.807) is 40.2 Å². The van der Waals surface area contributed by atoms with Crippen molar-refractivity contribution in [3.63, 3.8) is 0 Å². The molecule has 0 amide bonds. The number of thioether (sulfide) groups is 1. The van der Waals surface area contributed by atoms with Gasteiger partial charge in [-0.05, 0) is 85.3 Å². The summed E-state index contributed by atoms with van der Waals surface area (Å²) in [5.74, 6) is 4.18. The predicted octanol–water partition coefficient (Wildman–Crippen LogP) is 7.74. The Morgan fingerprint density at radius 2 is 1.34 bits per heavy atom. The minimum absolute atomic E-state index is 0.0659. The highest BCUT2D eigenvalue weighted by molar-refractivity contribution is 7.99. The van der Waals surface area contributed by atoms with Crippen LogP contribution in [0.1, 0.15) is 49.0 Å². The average molecular weight is 600 g/mol. The van der Waals surface area contributed by atoms with Gasteiger partial charge in [0.1, 0.15) is 0 Å². The number of ether oxygens (including phenoxy) is 6. The van der Waals surface area contributed by atoms with Gasteiger partial charge in [-0.25, -0.2) is 0 Å². The smallest absolute Gasteiger partial charge is 0.203 e. The number of nitrogens with zero attached hydrogens (tertiary/aromatic N) is 1. The van der Waals surface area contributed by atoms with E-state index in [2.05, 4.69) is 17.0 Å². The lowest BCUT2D eigenvalue weighted by molar-refractivity contribution is 0.0437. The van der Waals surface area contributed by atoms with Crippen LogP contribution in [0.3, 0.4) is 0 Å². The molecule has 0 spiro atoms. The second kappa shape index (κ2) is 13.8. The zero-order valence-corrected chi connectivity index (χ0v) is 25.7. The van der Waals surface area contributed by atoms with Gasteiger partial charge in [0.15, 0.2) is 23.0 Å². The standard InChI is InChI=1S/C32H38ClNO6S/c1-35-28-18-21(26-11-12-27(40-26)22-19-29(36-2)32(38-4)30(20-22)37-3)17-25(34-13-5-6-14-34)31(28)39-15-16-41-24-9-7-23(33)8-10-24/h7-10,17-20,26-27H,5-6,11-16H2,1-4H3. The highest BCUT2D eigenvalue weighted by atomic mass is 35.5. The Bertz CT molecular complexity index is 1290. The molecule has 41 heavy (non-hydrogen) atoms. The van der Waals surface area contributed by atoms with E-state index in [1.165, 1.54) is 17.7 Å². The maximum atomic E-state index is 6.64. The van der Waals surface area contributed by atoms with E-state index in [0.29, 0.717) is 23.9 Å². The maximum absolute atomic E-state index is 6.64. The second-order valence-electron chi connectivity index (χ2n) is 10.1. The van der Waals surface area contributed by atoms with Crippen molar-refractivity contribution >= 4 is 29.1 Å². The fourth-order valence-electron chi connectivity index (χ4n) is 5.53. The summed E-state index contributed by atoms with van der Waals surface area (Å²) in [6.07, 6.45) is 3.95. The summed E-state index contributed by atoms with van der Waals surface area (Å²) in [6.45, 7) is 2.57. The summed E-state index contributed by atoms with van der Waals surface area (Å²) in [5, 5.41) is 0.742. The Hall–Kier alpha value is -2.94. The van der Waals surface area contributed by atoms with E-state index in [4.69, 9.17) is 40.0 Å². The van der Waals surface area contributed by atoms with Crippen LogP contribution in [0, 0.1) is 0 Å². The van der Waals surface area contributed by atoms with Crippen molar-refractivity contribution in [3.8, 4) is 28.7 Å². The Labute approximate surface area is 252 Å². The first-order valence-electron chi connectivity index (χ1n) is 14.0. The molecule has 3 aromatic carbocycles. The largest absolute Gasteiger partial charge is 0.493 e. The number of methoxy groups -OCH3 is 4. The normalized spacial score (nSPS) is 18.4. The van der Waals surface area contributed by atoms with Gasteiger partial charge in [-0.3, -0.25) is 0 Å². The van der Waals surface area contributed by atoms with E-state index < -0.39 is 0 Å². The van der Waals surface area contributed by atoms with Crippen LogP contribution in [0.5, 0.6) is 28.7 Å². The maximum Gasteiger partial charge on any atom is 0.203 e. The molecule has 0 bridgehead atoms. The minimum atomic E-state index is -0.0873. The molecule has 0 aromatic heterocycles. The van der Waals surface area contributed by atoms with Crippen LogP contribution in [0.25, 0.3) is 0 Å². The zero-order chi connectivity index (χ0) is 28.8. The highest BCUT2D eigenvalue weighted by Gasteiger charge is 2.32. The van der Waals surface area contributed by atoms with Gasteiger partial charge >= 0.3 is 0 Å². The molecule has 2 atom stereocenters. The summed E-state index contributed by atoms with van der Waals surface area (Å²) in [5.41, 5.74) is 3.18. The molecule has 0 aliphatic carbocycles. The van der Waals surface area contributed by atoms with E-state index >= 15 is 0 Å². The van der Waals surface area contributed by atoms with Gasteiger partial charge in [-0.1, -0.05) is 11.6 Å². The highest BCUT2D eigenvalue weighted by Crippen LogP contribution is 2.49. The van der Waals surface area contributed by atoms with Crippen LogP contribution in [-0.2, 0) is 4.74 Å².